The Bertz CT molecular complexity index is 738. The van der Waals surface area contributed by atoms with Crippen molar-refractivity contribution in [2.45, 2.75) is 12.4 Å². The van der Waals surface area contributed by atoms with Gasteiger partial charge < -0.3 is 4.57 Å². The van der Waals surface area contributed by atoms with E-state index in [0.29, 0.717) is 17.4 Å². The number of alkyl halides is 1. The molecule has 0 unspecified atom stereocenters. The number of fused-ring (bicyclic) bond motifs is 1. The van der Waals surface area contributed by atoms with Crippen LogP contribution in [0.15, 0.2) is 28.2 Å². The highest BCUT2D eigenvalue weighted by Gasteiger charge is 2.13. The number of aromatic nitrogens is 3. The molecule has 3 aromatic heterocycles. The molecular formula is C12H8BrCl2N3S. The molecule has 3 heterocycles. The Hall–Kier alpha value is -0.620. The molecule has 3 rings (SSSR count). The van der Waals surface area contributed by atoms with Crippen LogP contribution in [0.5, 0.6) is 0 Å². The van der Waals surface area contributed by atoms with Crippen molar-refractivity contribution >= 4 is 61.6 Å². The van der Waals surface area contributed by atoms with E-state index in [2.05, 4.69) is 25.9 Å². The Morgan fingerprint density at radius 3 is 2.95 bits per heavy atom. The van der Waals surface area contributed by atoms with Gasteiger partial charge >= 0.3 is 0 Å². The number of imidazole rings is 1. The Morgan fingerprint density at radius 1 is 1.42 bits per heavy atom. The minimum absolute atomic E-state index is 0.344. The Morgan fingerprint density at radius 2 is 2.26 bits per heavy atom. The van der Waals surface area contributed by atoms with Crippen molar-refractivity contribution in [3.8, 4) is 0 Å². The van der Waals surface area contributed by atoms with Crippen LogP contribution in [0.2, 0.25) is 5.02 Å². The van der Waals surface area contributed by atoms with E-state index >= 15 is 0 Å². The van der Waals surface area contributed by atoms with Crippen LogP contribution >= 0.6 is 50.5 Å². The van der Waals surface area contributed by atoms with Crippen LogP contribution in [0.25, 0.3) is 11.2 Å². The molecule has 19 heavy (non-hydrogen) atoms. The molecule has 3 nitrogen and oxygen atoms in total. The monoisotopic (exact) mass is 375 g/mol. The molecule has 0 aliphatic carbocycles. The maximum atomic E-state index is 5.97. The predicted molar refractivity (Wildman–Crippen MR) is 83.2 cm³/mol. The van der Waals surface area contributed by atoms with Gasteiger partial charge in [-0.2, -0.15) is 0 Å². The first-order valence-corrected chi connectivity index (χ1v) is 8.06. The normalized spacial score (nSPS) is 11.3. The second-order valence-electron chi connectivity index (χ2n) is 3.94. The van der Waals surface area contributed by atoms with E-state index < -0.39 is 0 Å². The maximum absolute atomic E-state index is 5.97. The molecule has 3 aromatic rings. The van der Waals surface area contributed by atoms with Gasteiger partial charge in [-0.15, -0.1) is 22.9 Å². The van der Waals surface area contributed by atoms with E-state index in [1.54, 1.807) is 23.6 Å². The molecule has 0 bridgehead atoms. The second-order valence-corrected chi connectivity index (χ2v) is 6.49. The Labute approximate surface area is 132 Å². The first-order chi connectivity index (χ1) is 9.19. The van der Waals surface area contributed by atoms with Gasteiger partial charge in [0.25, 0.3) is 0 Å². The summed E-state index contributed by atoms with van der Waals surface area (Å²) in [7, 11) is 0. The molecule has 0 spiro atoms. The van der Waals surface area contributed by atoms with Crippen molar-refractivity contribution in [1.29, 1.82) is 0 Å². The lowest BCUT2D eigenvalue weighted by Gasteiger charge is -2.05. The lowest BCUT2D eigenvalue weighted by molar-refractivity contribution is 0.778. The van der Waals surface area contributed by atoms with E-state index in [-0.39, 0.29) is 0 Å². The zero-order chi connectivity index (χ0) is 13.4. The fourth-order valence-electron chi connectivity index (χ4n) is 1.88. The van der Waals surface area contributed by atoms with Crippen LogP contribution in [-0.2, 0) is 12.4 Å². The summed E-state index contributed by atoms with van der Waals surface area (Å²) in [5.74, 6) is 1.14. The molecule has 0 N–H and O–H groups in total. The van der Waals surface area contributed by atoms with Crippen molar-refractivity contribution in [3.05, 3.63) is 43.9 Å². The van der Waals surface area contributed by atoms with Crippen LogP contribution in [0.1, 0.15) is 10.7 Å². The van der Waals surface area contributed by atoms with Crippen LogP contribution in [0.3, 0.4) is 0 Å². The minimum atomic E-state index is 0.344. The van der Waals surface area contributed by atoms with Gasteiger partial charge in [0, 0.05) is 15.5 Å². The SMILES string of the molecule is ClCc1nc2cc(Cl)cnc2n1Cc1sccc1Br. The molecule has 0 aliphatic rings. The fraction of sp³-hybridized carbons (Fsp3) is 0.167. The van der Waals surface area contributed by atoms with E-state index in [4.69, 9.17) is 23.2 Å². The third kappa shape index (κ3) is 2.52. The summed E-state index contributed by atoms with van der Waals surface area (Å²) in [5.41, 5.74) is 1.58. The Balaban J connectivity index is 2.13. The molecule has 0 aliphatic heterocycles. The summed E-state index contributed by atoms with van der Waals surface area (Å²) in [6, 6.07) is 3.84. The van der Waals surface area contributed by atoms with Crippen molar-refractivity contribution in [1.82, 2.24) is 14.5 Å². The average molecular weight is 377 g/mol. The van der Waals surface area contributed by atoms with Gasteiger partial charge in [-0.05, 0) is 33.4 Å². The van der Waals surface area contributed by atoms with Gasteiger partial charge in [-0.25, -0.2) is 9.97 Å². The maximum Gasteiger partial charge on any atom is 0.160 e. The number of pyridine rings is 1. The number of thiophene rings is 1. The summed E-state index contributed by atoms with van der Waals surface area (Å²) in [6.45, 7) is 0.700. The first-order valence-electron chi connectivity index (χ1n) is 5.47. The van der Waals surface area contributed by atoms with Crippen molar-refractivity contribution < 1.29 is 0 Å². The second kappa shape index (κ2) is 5.40. The Kier molecular flexibility index (Phi) is 3.80. The van der Waals surface area contributed by atoms with E-state index in [1.165, 1.54) is 4.88 Å². The summed E-state index contributed by atoms with van der Waals surface area (Å²) < 4.78 is 3.11. The number of hydrogen-bond acceptors (Lipinski definition) is 3. The van der Waals surface area contributed by atoms with E-state index in [9.17, 15) is 0 Å². The van der Waals surface area contributed by atoms with Gasteiger partial charge in [0.15, 0.2) is 5.65 Å². The standard InChI is InChI=1S/C12H8BrCl2N3S/c13-8-1-2-19-10(8)6-18-11(4-14)17-9-3-7(15)5-16-12(9)18/h1-3,5H,4,6H2. The smallest absolute Gasteiger partial charge is 0.160 e. The molecule has 7 heteroatoms. The number of nitrogens with zero attached hydrogens (tertiary/aromatic N) is 3. The molecule has 0 radical (unpaired) electrons. The number of halogens is 3. The van der Waals surface area contributed by atoms with Crippen molar-refractivity contribution in [2.75, 3.05) is 0 Å². The zero-order valence-corrected chi connectivity index (χ0v) is 13.5. The van der Waals surface area contributed by atoms with Gasteiger partial charge in [-0.3, -0.25) is 0 Å². The highest BCUT2D eigenvalue weighted by molar-refractivity contribution is 9.10. The first kappa shape index (κ1) is 13.4. The van der Waals surface area contributed by atoms with Gasteiger partial charge in [0.1, 0.15) is 11.3 Å². The molecule has 0 amide bonds. The highest BCUT2D eigenvalue weighted by Crippen LogP contribution is 2.26. The number of hydrogen-bond donors (Lipinski definition) is 0. The zero-order valence-electron chi connectivity index (χ0n) is 9.61. The molecule has 0 saturated heterocycles. The topological polar surface area (TPSA) is 30.7 Å². The third-order valence-corrected chi connectivity index (χ3v) is 5.10. The fourth-order valence-corrected chi connectivity index (χ4v) is 3.70. The molecule has 0 saturated carbocycles. The summed E-state index contributed by atoms with van der Waals surface area (Å²) in [5, 5.41) is 2.62. The lowest BCUT2D eigenvalue weighted by atomic mass is 10.4. The largest absolute Gasteiger partial charge is 0.306 e. The average Bonchev–Trinajstić information content (AvgIpc) is 2.94. The molecule has 98 valence electrons. The lowest BCUT2D eigenvalue weighted by Crippen LogP contribution is -2.03. The van der Waals surface area contributed by atoms with Crippen LogP contribution in [0, 0.1) is 0 Å². The van der Waals surface area contributed by atoms with E-state index in [0.717, 1.165) is 21.5 Å². The summed E-state index contributed by atoms with van der Waals surface area (Å²) in [6.07, 6.45) is 1.63. The van der Waals surface area contributed by atoms with Gasteiger partial charge in [-0.1, -0.05) is 11.6 Å². The van der Waals surface area contributed by atoms with Crippen molar-refractivity contribution in [2.24, 2.45) is 0 Å². The quantitative estimate of drug-likeness (QED) is 0.620. The molecular weight excluding hydrogens is 369 g/mol. The van der Waals surface area contributed by atoms with Gasteiger partial charge in [0.05, 0.1) is 17.4 Å². The highest BCUT2D eigenvalue weighted by atomic mass is 79.9. The predicted octanol–water partition coefficient (Wildman–Crippen LogP) is 4.70. The summed E-state index contributed by atoms with van der Waals surface area (Å²) in [4.78, 5) is 10.0. The molecule has 0 atom stereocenters. The molecule has 0 aromatic carbocycles. The summed E-state index contributed by atoms with van der Waals surface area (Å²) >= 11 is 17.1. The molecule has 0 fully saturated rings. The van der Waals surface area contributed by atoms with Gasteiger partial charge in [0.2, 0.25) is 0 Å². The van der Waals surface area contributed by atoms with Crippen molar-refractivity contribution in [3.63, 3.8) is 0 Å². The van der Waals surface area contributed by atoms with Crippen LogP contribution < -0.4 is 0 Å². The van der Waals surface area contributed by atoms with Crippen LogP contribution in [0.4, 0.5) is 0 Å². The minimum Gasteiger partial charge on any atom is -0.306 e. The van der Waals surface area contributed by atoms with Crippen LogP contribution in [-0.4, -0.2) is 14.5 Å². The number of rotatable bonds is 3. The van der Waals surface area contributed by atoms with E-state index in [1.807, 2.05) is 16.0 Å². The third-order valence-electron chi connectivity index (χ3n) is 2.74.